The summed E-state index contributed by atoms with van der Waals surface area (Å²) in [6, 6.07) is 12.2. The normalized spacial score (nSPS) is 16.3. The second-order valence-electron chi connectivity index (χ2n) is 5.70. The van der Waals surface area contributed by atoms with E-state index in [9.17, 15) is 4.79 Å². The Labute approximate surface area is 137 Å². The molecule has 4 heteroatoms. The van der Waals surface area contributed by atoms with Gasteiger partial charge in [-0.1, -0.05) is 46.3 Å². The fraction of sp³-hybridized carbons (Fsp3) is 0.353. The number of fused-ring (bicyclic) bond motifs is 1. The van der Waals surface area contributed by atoms with Gasteiger partial charge in [0.1, 0.15) is 0 Å². The Morgan fingerprint density at radius 1 is 1.33 bits per heavy atom. The van der Waals surface area contributed by atoms with Crippen LogP contribution in [0.1, 0.15) is 39.0 Å². The summed E-state index contributed by atoms with van der Waals surface area (Å²) in [6.45, 7) is 2.05. The maximum atomic E-state index is 12.6. The molecule has 110 valence electrons. The van der Waals surface area contributed by atoms with Gasteiger partial charge in [0.25, 0.3) is 5.91 Å². The Bertz CT molecular complexity index is 631. The minimum atomic E-state index is -0.396. The molecule has 21 heavy (non-hydrogen) atoms. The van der Waals surface area contributed by atoms with E-state index < -0.39 is 5.54 Å². The number of carbonyl (C=O) groups is 1. The number of aryl methyl sites for hydroxylation is 2. The number of hydrogen-bond donors (Lipinski definition) is 1. The number of halogens is 1. The molecule has 0 spiro atoms. The lowest BCUT2D eigenvalue weighted by atomic mass is 9.94. The molecule has 2 aromatic rings. The van der Waals surface area contributed by atoms with E-state index in [1.165, 1.54) is 16.9 Å². The molecule has 1 N–H and O–H groups in total. The van der Waals surface area contributed by atoms with Crippen LogP contribution < -0.4 is 5.32 Å². The van der Waals surface area contributed by atoms with E-state index >= 15 is 0 Å². The molecule has 1 atom stereocenters. The Morgan fingerprint density at radius 2 is 2.10 bits per heavy atom. The lowest BCUT2D eigenvalue weighted by Crippen LogP contribution is -2.44. The van der Waals surface area contributed by atoms with Crippen LogP contribution in [0.4, 0.5) is 0 Å². The number of nitrogens with one attached hydrogen (secondary N) is 1. The highest BCUT2D eigenvalue weighted by Gasteiger charge is 2.29. The number of thiophene rings is 1. The standard InChI is InChI=1S/C17H18BrNOS/c1-17(11-18,13-7-3-2-4-8-13)19-16(20)15-10-12-6-5-9-14(12)21-15/h2-4,7-8,10H,5-6,9,11H2,1H3,(H,19,20). The molecule has 1 unspecified atom stereocenters. The molecular formula is C17H18BrNOS. The molecule has 1 aliphatic rings. The first kappa shape index (κ1) is 14.8. The van der Waals surface area contributed by atoms with Crippen molar-refractivity contribution >= 4 is 33.2 Å². The predicted octanol–water partition coefficient (Wildman–Crippen LogP) is 4.28. The van der Waals surface area contributed by atoms with Gasteiger partial charge in [0, 0.05) is 10.2 Å². The second kappa shape index (κ2) is 5.93. The van der Waals surface area contributed by atoms with E-state index in [1.54, 1.807) is 11.3 Å². The van der Waals surface area contributed by atoms with Gasteiger partial charge in [0.2, 0.25) is 0 Å². The van der Waals surface area contributed by atoms with Gasteiger partial charge in [-0.15, -0.1) is 11.3 Å². The quantitative estimate of drug-likeness (QED) is 0.807. The molecule has 0 radical (unpaired) electrons. The molecule has 0 bridgehead atoms. The Hall–Kier alpha value is -1.13. The van der Waals surface area contributed by atoms with E-state index in [4.69, 9.17) is 0 Å². The average Bonchev–Trinajstić information content (AvgIpc) is 3.09. The summed E-state index contributed by atoms with van der Waals surface area (Å²) >= 11 is 5.19. The van der Waals surface area contributed by atoms with Crippen LogP contribution in [-0.4, -0.2) is 11.2 Å². The lowest BCUT2D eigenvalue weighted by molar-refractivity contribution is 0.0918. The molecule has 1 amide bonds. The van der Waals surface area contributed by atoms with Crippen LogP contribution in [0.2, 0.25) is 0 Å². The van der Waals surface area contributed by atoms with E-state index in [0.29, 0.717) is 5.33 Å². The van der Waals surface area contributed by atoms with Gasteiger partial charge < -0.3 is 5.32 Å². The highest BCUT2D eigenvalue weighted by molar-refractivity contribution is 9.09. The minimum absolute atomic E-state index is 0.0280. The predicted molar refractivity (Wildman–Crippen MR) is 91.4 cm³/mol. The fourth-order valence-electron chi connectivity index (χ4n) is 2.74. The third kappa shape index (κ3) is 2.92. The molecule has 1 aromatic carbocycles. The number of carbonyl (C=O) groups excluding carboxylic acids is 1. The van der Waals surface area contributed by atoms with Gasteiger partial charge in [-0.2, -0.15) is 0 Å². The highest BCUT2D eigenvalue weighted by Crippen LogP contribution is 2.31. The number of benzene rings is 1. The van der Waals surface area contributed by atoms with Crippen molar-refractivity contribution in [1.29, 1.82) is 0 Å². The first-order chi connectivity index (χ1) is 10.1. The van der Waals surface area contributed by atoms with Gasteiger partial charge in [0.05, 0.1) is 10.4 Å². The van der Waals surface area contributed by atoms with Crippen molar-refractivity contribution in [3.8, 4) is 0 Å². The largest absolute Gasteiger partial charge is 0.341 e. The zero-order chi connectivity index (χ0) is 14.9. The van der Waals surface area contributed by atoms with Gasteiger partial charge in [-0.25, -0.2) is 0 Å². The van der Waals surface area contributed by atoms with Crippen molar-refractivity contribution in [2.24, 2.45) is 0 Å². The third-order valence-electron chi connectivity index (χ3n) is 4.04. The molecule has 0 aliphatic heterocycles. The van der Waals surface area contributed by atoms with Gasteiger partial charge in [-0.3, -0.25) is 4.79 Å². The van der Waals surface area contributed by atoms with Crippen molar-refractivity contribution in [3.63, 3.8) is 0 Å². The molecule has 1 aromatic heterocycles. The van der Waals surface area contributed by atoms with Crippen molar-refractivity contribution in [3.05, 3.63) is 57.3 Å². The van der Waals surface area contributed by atoms with Crippen molar-refractivity contribution in [2.75, 3.05) is 5.33 Å². The Balaban J connectivity index is 1.81. The van der Waals surface area contributed by atoms with E-state index in [2.05, 4.69) is 46.4 Å². The van der Waals surface area contributed by atoms with Crippen LogP contribution >= 0.6 is 27.3 Å². The number of rotatable bonds is 4. The van der Waals surface area contributed by atoms with E-state index in [1.807, 2.05) is 18.2 Å². The zero-order valence-electron chi connectivity index (χ0n) is 12.0. The summed E-state index contributed by atoms with van der Waals surface area (Å²) in [5.74, 6) is 0.0280. The fourth-order valence-corrected chi connectivity index (χ4v) is 4.35. The second-order valence-corrected chi connectivity index (χ2v) is 7.40. The summed E-state index contributed by atoms with van der Waals surface area (Å²) in [5.41, 5.74) is 2.08. The number of alkyl halides is 1. The summed E-state index contributed by atoms with van der Waals surface area (Å²) in [5, 5.41) is 3.87. The van der Waals surface area contributed by atoms with Crippen LogP contribution in [0.5, 0.6) is 0 Å². The van der Waals surface area contributed by atoms with Crippen LogP contribution in [-0.2, 0) is 18.4 Å². The third-order valence-corrected chi connectivity index (χ3v) is 6.40. The average molecular weight is 364 g/mol. The van der Waals surface area contributed by atoms with Crippen LogP contribution in [0, 0.1) is 0 Å². The summed E-state index contributed by atoms with van der Waals surface area (Å²) in [4.78, 5) is 14.8. The molecule has 3 rings (SSSR count). The Kier molecular flexibility index (Phi) is 4.18. The minimum Gasteiger partial charge on any atom is -0.341 e. The molecular weight excluding hydrogens is 346 g/mol. The van der Waals surface area contributed by atoms with Gasteiger partial charge in [0.15, 0.2) is 0 Å². The molecule has 2 nitrogen and oxygen atoms in total. The molecule has 1 aliphatic carbocycles. The van der Waals surface area contributed by atoms with Crippen LogP contribution in [0.3, 0.4) is 0 Å². The lowest BCUT2D eigenvalue weighted by Gasteiger charge is -2.29. The maximum absolute atomic E-state index is 12.6. The van der Waals surface area contributed by atoms with Gasteiger partial charge >= 0.3 is 0 Å². The summed E-state index contributed by atoms with van der Waals surface area (Å²) in [6.07, 6.45) is 3.47. The first-order valence-electron chi connectivity index (χ1n) is 7.18. The van der Waals surface area contributed by atoms with Crippen molar-refractivity contribution in [1.82, 2.24) is 5.32 Å². The topological polar surface area (TPSA) is 29.1 Å². The Morgan fingerprint density at radius 3 is 2.76 bits per heavy atom. The summed E-state index contributed by atoms with van der Waals surface area (Å²) < 4.78 is 0. The van der Waals surface area contributed by atoms with E-state index in [0.717, 1.165) is 23.3 Å². The molecule has 1 heterocycles. The molecule has 0 saturated heterocycles. The first-order valence-corrected chi connectivity index (χ1v) is 9.12. The van der Waals surface area contributed by atoms with E-state index in [-0.39, 0.29) is 5.91 Å². The maximum Gasteiger partial charge on any atom is 0.262 e. The van der Waals surface area contributed by atoms with Crippen LogP contribution in [0.15, 0.2) is 36.4 Å². The van der Waals surface area contributed by atoms with Crippen LogP contribution in [0.25, 0.3) is 0 Å². The molecule has 0 saturated carbocycles. The monoisotopic (exact) mass is 363 g/mol. The van der Waals surface area contributed by atoms with Crippen molar-refractivity contribution in [2.45, 2.75) is 31.7 Å². The molecule has 0 fully saturated rings. The highest BCUT2D eigenvalue weighted by atomic mass is 79.9. The SMILES string of the molecule is CC(CBr)(NC(=O)c1cc2c(s1)CCC2)c1ccccc1. The summed E-state index contributed by atoms with van der Waals surface area (Å²) in [7, 11) is 0. The number of hydrogen-bond acceptors (Lipinski definition) is 2. The van der Waals surface area contributed by atoms with Gasteiger partial charge in [-0.05, 0) is 43.4 Å². The smallest absolute Gasteiger partial charge is 0.262 e. The number of amides is 1. The zero-order valence-corrected chi connectivity index (χ0v) is 14.4. The van der Waals surface area contributed by atoms with Crippen molar-refractivity contribution < 1.29 is 4.79 Å².